The zero-order chi connectivity index (χ0) is 45.9. The van der Waals surface area contributed by atoms with Crippen LogP contribution in [0.1, 0.15) is 120 Å². The highest BCUT2D eigenvalue weighted by atomic mass is 32.2. The lowest BCUT2D eigenvalue weighted by atomic mass is 9.55. The van der Waals surface area contributed by atoms with Gasteiger partial charge in [-0.3, -0.25) is 4.79 Å². The van der Waals surface area contributed by atoms with E-state index in [1.807, 2.05) is 29.2 Å². The molecule has 3 aromatic rings. The maximum Gasteiger partial charge on any atom is 0.239 e. The second kappa shape index (κ2) is 23.2. The van der Waals surface area contributed by atoms with Crippen LogP contribution in [0.3, 0.4) is 0 Å². The molecule has 12 heteroatoms. The van der Waals surface area contributed by atoms with Gasteiger partial charge in [-0.25, -0.2) is 4.39 Å². The van der Waals surface area contributed by atoms with Crippen LogP contribution in [0, 0.1) is 29.5 Å². The molecule has 2 saturated carbocycles. The number of benzene rings is 3. The van der Waals surface area contributed by atoms with Crippen molar-refractivity contribution in [2.45, 2.75) is 138 Å². The molecule has 5 aliphatic rings. The number of rotatable bonds is 22. The first-order valence-corrected chi connectivity index (χ1v) is 25.8. The number of thioether (sulfide) groups is 1. The van der Waals surface area contributed by atoms with Crippen LogP contribution in [0.15, 0.2) is 101 Å². The minimum absolute atomic E-state index is 0.0134. The fraction of sp³-hybridized carbons (Fsp3) is 0.556. The quantitative estimate of drug-likeness (QED) is 0.0439. The molecule has 2 aliphatic heterocycles. The average molecular weight is 925 g/mol. The van der Waals surface area contributed by atoms with Crippen LogP contribution in [0.25, 0.3) is 0 Å². The van der Waals surface area contributed by atoms with E-state index in [0.717, 1.165) is 97.3 Å². The number of allylic oxidation sites excluding steroid dienone is 1. The Kier molecular flexibility index (Phi) is 17.0. The number of hydrogen-bond donors (Lipinski definition) is 2. The highest BCUT2D eigenvalue weighted by Gasteiger charge is 2.65. The third kappa shape index (κ3) is 11.2. The molecule has 3 aromatic carbocycles. The second-order valence-corrected chi connectivity index (χ2v) is 19.7. The monoisotopic (exact) mass is 924 g/mol. The summed E-state index contributed by atoms with van der Waals surface area (Å²) in [5.74, 6) is 0.238. The molecule has 0 bridgehead atoms. The van der Waals surface area contributed by atoms with E-state index in [-0.39, 0.29) is 62.3 Å². The first kappa shape index (κ1) is 48.3. The molecule has 3 fully saturated rings. The minimum Gasteiger partial charge on any atom is -0.459 e. The van der Waals surface area contributed by atoms with Gasteiger partial charge in [-0.15, -0.1) is 18.3 Å². The molecule has 3 aliphatic carbocycles. The number of carbonyl (C=O) groups is 1. The first-order chi connectivity index (χ1) is 32.3. The van der Waals surface area contributed by atoms with E-state index < -0.39 is 24.0 Å². The highest BCUT2D eigenvalue weighted by Crippen LogP contribution is 2.62. The lowest BCUT2D eigenvalue weighted by Gasteiger charge is -2.60. The number of hydrogen-bond acceptors (Lipinski definition) is 10. The van der Waals surface area contributed by atoms with E-state index in [1.54, 1.807) is 30.0 Å². The van der Waals surface area contributed by atoms with E-state index in [9.17, 15) is 14.6 Å². The predicted molar refractivity (Wildman–Crippen MR) is 256 cm³/mol. The third-order valence-electron chi connectivity index (χ3n) is 14.6. The molecular formula is C54H69FN2O8S. The number of aliphatic hydroxyl groups is 2. The van der Waals surface area contributed by atoms with Crippen molar-refractivity contribution in [2.24, 2.45) is 28.8 Å². The molecule has 8 rings (SSSR count). The van der Waals surface area contributed by atoms with Crippen molar-refractivity contribution >= 4 is 23.4 Å². The van der Waals surface area contributed by atoms with Crippen LogP contribution >= 0.6 is 11.8 Å². The number of oxime groups is 1. The number of fused-ring (bicyclic) bond motifs is 2. The summed E-state index contributed by atoms with van der Waals surface area (Å²) in [7, 11) is 0. The Morgan fingerprint density at radius 2 is 1.68 bits per heavy atom. The van der Waals surface area contributed by atoms with E-state index in [1.165, 1.54) is 25.0 Å². The van der Waals surface area contributed by atoms with Gasteiger partial charge in [0.2, 0.25) is 18.0 Å². The number of aliphatic hydroxyl groups excluding tert-OH is 2. The summed E-state index contributed by atoms with van der Waals surface area (Å²) < 4.78 is 41.8. The lowest BCUT2D eigenvalue weighted by molar-refractivity contribution is -0.258. The fourth-order valence-electron chi connectivity index (χ4n) is 11.3. The van der Waals surface area contributed by atoms with Crippen molar-refractivity contribution in [2.75, 3.05) is 32.7 Å². The van der Waals surface area contributed by atoms with Gasteiger partial charge in [0, 0.05) is 55.4 Å². The Morgan fingerprint density at radius 1 is 0.939 bits per heavy atom. The Morgan fingerprint density at radius 3 is 2.39 bits per heavy atom. The third-order valence-corrected chi connectivity index (χ3v) is 15.3. The van der Waals surface area contributed by atoms with Crippen LogP contribution < -0.4 is 9.47 Å². The molecule has 7 atom stereocenters. The van der Waals surface area contributed by atoms with Gasteiger partial charge in [0.1, 0.15) is 29.1 Å². The zero-order valence-corrected chi connectivity index (χ0v) is 39.4. The maximum absolute atomic E-state index is 15.2. The molecule has 66 heavy (non-hydrogen) atoms. The maximum atomic E-state index is 15.2. The lowest BCUT2D eigenvalue weighted by Crippen LogP contribution is -2.70. The summed E-state index contributed by atoms with van der Waals surface area (Å²) in [5.41, 5.74) is 3.47. The molecule has 2 N–H and O–H groups in total. The van der Waals surface area contributed by atoms with Crippen molar-refractivity contribution in [3.05, 3.63) is 108 Å². The van der Waals surface area contributed by atoms with Crippen molar-refractivity contribution in [3.8, 4) is 17.2 Å². The molecule has 356 valence electrons. The summed E-state index contributed by atoms with van der Waals surface area (Å²) in [6.45, 7) is 5.28. The van der Waals surface area contributed by atoms with Gasteiger partial charge in [0.15, 0.2) is 0 Å². The van der Waals surface area contributed by atoms with Gasteiger partial charge in [0.05, 0.1) is 24.8 Å². The molecule has 1 amide bonds. The number of carbonyl (C=O) groups excluding carboxylic acids is 1. The largest absolute Gasteiger partial charge is 0.459 e. The highest BCUT2D eigenvalue weighted by molar-refractivity contribution is 7.98. The summed E-state index contributed by atoms with van der Waals surface area (Å²) in [6, 6.07) is 19.8. The fourth-order valence-corrected chi connectivity index (χ4v) is 11.7. The number of nitrogens with zero attached hydrogens (tertiary/aromatic N) is 2. The van der Waals surface area contributed by atoms with Crippen molar-refractivity contribution < 1.29 is 43.2 Å². The van der Waals surface area contributed by atoms with Crippen LogP contribution in [0.5, 0.6) is 17.2 Å². The van der Waals surface area contributed by atoms with Crippen LogP contribution in [0.4, 0.5) is 4.39 Å². The smallest absolute Gasteiger partial charge is 0.239 e. The average Bonchev–Trinajstić information content (AvgIpc) is 3.88. The molecule has 0 radical (unpaired) electrons. The van der Waals surface area contributed by atoms with Gasteiger partial charge in [-0.2, -0.15) is 0 Å². The van der Waals surface area contributed by atoms with Gasteiger partial charge in [-0.05, 0) is 135 Å². The topological polar surface area (TPSA) is 119 Å². The first-order valence-electron chi connectivity index (χ1n) is 24.6. The number of halogens is 1. The van der Waals surface area contributed by atoms with Crippen LogP contribution in [-0.2, 0) is 25.7 Å². The summed E-state index contributed by atoms with van der Waals surface area (Å²) in [5, 5.41) is 25.1. The molecular weight excluding hydrogens is 856 g/mol. The predicted octanol–water partition coefficient (Wildman–Crippen LogP) is 11.5. The molecule has 0 aromatic heterocycles. The van der Waals surface area contributed by atoms with Gasteiger partial charge < -0.3 is 38.9 Å². The Labute approximate surface area is 394 Å². The molecule has 7 unspecified atom stereocenters. The van der Waals surface area contributed by atoms with Gasteiger partial charge in [-0.1, -0.05) is 68.0 Å². The number of ether oxygens (including phenoxy) is 4. The van der Waals surface area contributed by atoms with Gasteiger partial charge >= 0.3 is 0 Å². The normalized spacial score (nSPS) is 26.5. The van der Waals surface area contributed by atoms with Crippen LogP contribution in [-0.4, -0.2) is 77.5 Å². The summed E-state index contributed by atoms with van der Waals surface area (Å²) in [6.07, 6.45) is 19.0. The molecule has 2 heterocycles. The van der Waals surface area contributed by atoms with Crippen LogP contribution in [0.2, 0.25) is 0 Å². The Hall–Kier alpha value is -4.20. The number of unbranched alkanes of at least 4 members (excludes halogenated alkanes) is 2. The van der Waals surface area contributed by atoms with Crippen molar-refractivity contribution in [3.63, 3.8) is 0 Å². The molecule has 0 spiro atoms. The number of amides is 1. The van der Waals surface area contributed by atoms with E-state index in [0.29, 0.717) is 43.3 Å². The van der Waals surface area contributed by atoms with Crippen molar-refractivity contribution in [1.82, 2.24) is 4.90 Å². The van der Waals surface area contributed by atoms with E-state index >= 15 is 4.79 Å². The van der Waals surface area contributed by atoms with Crippen molar-refractivity contribution in [1.29, 1.82) is 0 Å². The zero-order valence-electron chi connectivity index (χ0n) is 38.6. The molecule has 1 saturated heterocycles. The Bertz CT molecular complexity index is 2120. The summed E-state index contributed by atoms with van der Waals surface area (Å²) in [4.78, 5) is 24.6. The SMILES string of the molecule is C=CCOC12Oc3ccc(Oc4ccc(SC)cc4)cc3C3C(CCCCO)C(CCCCO)C=C(C(=NOC4CCCCO4)CC1N(Cc1ccc(F)cc1)C(=O)CCC1CCCC1)C32. The minimum atomic E-state index is -1.41. The Balaban J connectivity index is 1.31. The standard InChI is InChI=1S/C54H69FN2O8S/c1-3-31-62-54-49(57(36-38-17-20-40(55)21-18-38)50(60)28-19-37-12-4-5-13-37)35-47(56-65-51-16-8-11-32-61-51)45-33-39(14-6-9-29-58)44(15-7-10-30-59)52(53(45)54)46-34-42(24-27-48(46)64-54)63-41-22-25-43(66-2)26-23-41/h3,17-18,20-27,33-34,37,39,44,49,51-53,58-59H,1,4-16,19,28-32,35-36H2,2H3. The van der Waals surface area contributed by atoms with Gasteiger partial charge in [0.25, 0.3) is 0 Å². The second-order valence-electron chi connectivity index (χ2n) is 18.8. The molecule has 10 nitrogen and oxygen atoms in total. The van der Waals surface area contributed by atoms with E-state index in [2.05, 4.69) is 37.1 Å². The van der Waals surface area contributed by atoms with E-state index in [4.69, 9.17) is 28.9 Å². The summed E-state index contributed by atoms with van der Waals surface area (Å²) >= 11 is 1.68.